The minimum Gasteiger partial charge on any atom is -0.373 e. The number of rotatable bonds is 5. The maximum Gasteiger partial charge on any atom is 0.0999 e. The normalized spacial score (nSPS) is 26.6. The molecule has 2 aliphatic rings. The van der Waals surface area contributed by atoms with E-state index in [0.29, 0.717) is 12.2 Å². The lowest BCUT2D eigenvalue weighted by atomic mass is 10.1. The van der Waals surface area contributed by atoms with Gasteiger partial charge in [-0.25, -0.2) is 5.84 Å². The maximum atomic E-state index is 6.05. The number of epoxide rings is 2. The van der Waals surface area contributed by atoms with Gasteiger partial charge in [0.1, 0.15) is 0 Å². The number of nitrogens with two attached hydrogens (primary N) is 1. The van der Waals surface area contributed by atoms with Gasteiger partial charge in [-0.2, -0.15) is 0 Å². The molecule has 2 atom stereocenters. The molecule has 1 aromatic carbocycles. The Bertz CT molecular complexity index is 375. The molecule has 2 unspecified atom stereocenters. The van der Waals surface area contributed by atoms with E-state index in [2.05, 4.69) is 12.1 Å². The first-order chi connectivity index (χ1) is 7.83. The summed E-state index contributed by atoms with van der Waals surface area (Å²) in [4.78, 5) is 0. The third-order valence-electron chi connectivity index (χ3n) is 2.95. The van der Waals surface area contributed by atoms with Crippen LogP contribution in [0, 0.1) is 0 Å². The average Bonchev–Trinajstić information content (AvgIpc) is 3.14. The van der Waals surface area contributed by atoms with E-state index in [1.54, 1.807) is 5.01 Å². The van der Waals surface area contributed by atoms with Gasteiger partial charge in [-0.05, 0) is 11.6 Å². The Balaban J connectivity index is 1.74. The van der Waals surface area contributed by atoms with Crippen LogP contribution >= 0.6 is 0 Å². The Morgan fingerprint density at radius 3 is 2.56 bits per heavy atom. The molecule has 2 saturated heterocycles. The Labute approximate surface area is 94.9 Å². The molecule has 0 saturated carbocycles. The predicted molar refractivity (Wildman–Crippen MR) is 61.2 cm³/mol. The first-order valence-electron chi connectivity index (χ1n) is 5.66. The van der Waals surface area contributed by atoms with E-state index < -0.39 is 0 Å². The van der Waals surface area contributed by atoms with Crippen LogP contribution in [-0.2, 0) is 15.9 Å². The molecular formula is C12H16N2O2. The summed E-state index contributed by atoms with van der Waals surface area (Å²) in [6.45, 7) is 2.48. The van der Waals surface area contributed by atoms with Crippen molar-refractivity contribution in [2.75, 3.05) is 24.8 Å². The number of hydrazine groups is 1. The predicted octanol–water partition coefficient (Wildman–Crippen LogP) is 0.707. The third kappa shape index (κ3) is 2.35. The van der Waals surface area contributed by atoms with Crippen molar-refractivity contribution in [1.29, 1.82) is 0 Å². The molecule has 2 N–H and O–H groups in total. The first kappa shape index (κ1) is 10.1. The van der Waals surface area contributed by atoms with Crippen LogP contribution in [0.15, 0.2) is 24.3 Å². The molecular weight excluding hydrogens is 204 g/mol. The Kier molecular flexibility index (Phi) is 2.55. The second-order valence-electron chi connectivity index (χ2n) is 4.40. The highest BCUT2D eigenvalue weighted by atomic mass is 16.6. The van der Waals surface area contributed by atoms with Crippen LogP contribution in [0.3, 0.4) is 0 Å². The largest absolute Gasteiger partial charge is 0.373 e. The lowest BCUT2D eigenvalue weighted by Gasteiger charge is -2.20. The summed E-state index contributed by atoms with van der Waals surface area (Å²) < 4.78 is 10.4. The summed E-state index contributed by atoms with van der Waals surface area (Å²) in [5.74, 6) is 6.05. The van der Waals surface area contributed by atoms with Crippen LogP contribution in [-0.4, -0.2) is 32.0 Å². The van der Waals surface area contributed by atoms with Gasteiger partial charge in [0, 0.05) is 6.42 Å². The summed E-state index contributed by atoms with van der Waals surface area (Å²) in [6.07, 6.45) is 1.66. The van der Waals surface area contributed by atoms with Crippen molar-refractivity contribution in [1.82, 2.24) is 0 Å². The zero-order valence-electron chi connectivity index (χ0n) is 9.13. The zero-order chi connectivity index (χ0) is 11.0. The van der Waals surface area contributed by atoms with E-state index in [0.717, 1.165) is 31.9 Å². The summed E-state index contributed by atoms with van der Waals surface area (Å²) in [6, 6.07) is 8.23. The highest BCUT2D eigenvalue weighted by molar-refractivity contribution is 5.53. The fourth-order valence-electron chi connectivity index (χ4n) is 1.89. The van der Waals surface area contributed by atoms with Gasteiger partial charge in [-0.15, -0.1) is 0 Å². The quantitative estimate of drug-likeness (QED) is 0.451. The molecule has 1 aromatic rings. The lowest BCUT2D eigenvalue weighted by Crippen LogP contribution is -2.35. The van der Waals surface area contributed by atoms with Gasteiger partial charge in [0.15, 0.2) is 0 Å². The van der Waals surface area contributed by atoms with Gasteiger partial charge in [0.2, 0.25) is 0 Å². The molecule has 0 aromatic heterocycles. The number of benzene rings is 1. The Morgan fingerprint density at radius 2 is 1.88 bits per heavy atom. The van der Waals surface area contributed by atoms with Gasteiger partial charge >= 0.3 is 0 Å². The van der Waals surface area contributed by atoms with Gasteiger partial charge in [-0.3, -0.25) is 0 Å². The Morgan fingerprint density at radius 1 is 1.19 bits per heavy atom. The molecule has 86 valence electrons. The molecule has 2 fully saturated rings. The van der Waals surface area contributed by atoms with E-state index in [9.17, 15) is 0 Å². The Hall–Kier alpha value is -1.10. The van der Waals surface area contributed by atoms with Gasteiger partial charge in [-0.1, -0.05) is 18.2 Å². The maximum absolute atomic E-state index is 6.05. The second kappa shape index (κ2) is 4.05. The van der Waals surface area contributed by atoms with Crippen molar-refractivity contribution < 1.29 is 9.47 Å². The summed E-state index contributed by atoms with van der Waals surface area (Å²) in [7, 11) is 0. The highest BCUT2D eigenvalue weighted by Gasteiger charge is 2.27. The SMILES string of the molecule is NN(CC1CO1)c1ccccc1CC1CO1. The minimum atomic E-state index is 0.315. The average molecular weight is 220 g/mol. The molecule has 2 heterocycles. The van der Waals surface area contributed by atoms with E-state index in [1.165, 1.54) is 5.56 Å². The topological polar surface area (TPSA) is 54.3 Å². The molecule has 0 radical (unpaired) electrons. The van der Waals surface area contributed by atoms with Gasteiger partial charge < -0.3 is 14.5 Å². The molecule has 4 nitrogen and oxygen atoms in total. The van der Waals surface area contributed by atoms with Crippen molar-refractivity contribution in [3.63, 3.8) is 0 Å². The van der Waals surface area contributed by atoms with Crippen LogP contribution < -0.4 is 10.9 Å². The smallest absolute Gasteiger partial charge is 0.0999 e. The third-order valence-corrected chi connectivity index (χ3v) is 2.95. The lowest BCUT2D eigenvalue weighted by molar-refractivity contribution is 0.405. The summed E-state index contributed by atoms with van der Waals surface area (Å²) in [5, 5.41) is 1.79. The number of ether oxygens (including phenoxy) is 2. The molecule has 2 aliphatic heterocycles. The number of hydrogen-bond acceptors (Lipinski definition) is 4. The van der Waals surface area contributed by atoms with E-state index in [1.807, 2.05) is 12.1 Å². The van der Waals surface area contributed by atoms with Crippen molar-refractivity contribution in [2.24, 2.45) is 5.84 Å². The van der Waals surface area contributed by atoms with E-state index >= 15 is 0 Å². The first-order valence-corrected chi connectivity index (χ1v) is 5.66. The second-order valence-corrected chi connectivity index (χ2v) is 4.40. The molecule has 4 heteroatoms. The van der Waals surface area contributed by atoms with Crippen molar-refractivity contribution in [3.05, 3.63) is 29.8 Å². The monoisotopic (exact) mass is 220 g/mol. The molecule has 0 bridgehead atoms. The molecule has 0 spiro atoms. The summed E-state index contributed by atoms with van der Waals surface area (Å²) >= 11 is 0. The molecule has 3 rings (SSSR count). The molecule has 16 heavy (non-hydrogen) atoms. The number of para-hydroxylation sites is 1. The number of hydrogen-bond donors (Lipinski definition) is 1. The van der Waals surface area contributed by atoms with Crippen LogP contribution in [0.2, 0.25) is 0 Å². The van der Waals surface area contributed by atoms with Crippen LogP contribution in [0.25, 0.3) is 0 Å². The van der Waals surface area contributed by atoms with Crippen molar-refractivity contribution in [3.8, 4) is 0 Å². The van der Waals surface area contributed by atoms with E-state index in [4.69, 9.17) is 15.3 Å². The van der Waals surface area contributed by atoms with Crippen LogP contribution in [0.5, 0.6) is 0 Å². The van der Waals surface area contributed by atoms with Gasteiger partial charge in [0.05, 0.1) is 37.7 Å². The number of nitrogens with zero attached hydrogens (tertiary/aromatic N) is 1. The number of anilines is 1. The van der Waals surface area contributed by atoms with Crippen LogP contribution in [0.1, 0.15) is 5.56 Å². The fraction of sp³-hybridized carbons (Fsp3) is 0.500. The minimum absolute atomic E-state index is 0.315. The highest BCUT2D eigenvalue weighted by Crippen LogP contribution is 2.25. The van der Waals surface area contributed by atoms with E-state index in [-0.39, 0.29) is 0 Å². The fourth-order valence-corrected chi connectivity index (χ4v) is 1.89. The summed E-state index contributed by atoms with van der Waals surface area (Å²) in [5.41, 5.74) is 2.35. The van der Waals surface area contributed by atoms with Crippen molar-refractivity contribution >= 4 is 5.69 Å². The molecule has 0 amide bonds. The van der Waals surface area contributed by atoms with Crippen molar-refractivity contribution in [2.45, 2.75) is 18.6 Å². The standard InChI is InChI=1S/C12H16N2O2/c13-14(6-11-8-16-11)12-4-2-1-3-9(12)5-10-7-15-10/h1-4,10-11H,5-8,13H2. The zero-order valence-corrected chi connectivity index (χ0v) is 9.13. The van der Waals surface area contributed by atoms with Gasteiger partial charge in [0.25, 0.3) is 0 Å². The molecule has 0 aliphatic carbocycles. The van der Waals surface area contributed by atoms with Crippen LogP contribution in [0.4, 0.5) is 5.69 Å².